The summed E-state index contributed by atoms with van der Waals surface area (Å²) in [5.74, 6) is 0.896. The largest absolute Gasteiger partial charge is 0.399 e. The van der Waals surface area contributed by atoms with Crippen LogP contribution in [-0.4, -0.2) is 18.4 Å². The van der Waals surface area contributed by atoms with Crippen LogP contribution in [0.5, 0.6) is 0 Å². The minimum atomic E-state index is -3.67. The van der Waals surface area contributed by atoms with Crippen LogP contribution in [0.2, 0.25) is 0 Å². The summed E-state index contributed by atoms with van der Waals surface area (Å²) in [5, 5.41) is 3.05. The summed E-state index contributed by atoms with van der Waals surface area (Å²) in [6, 6.07) is 14.3. The number of nitrogens with two attached hydrogens (primary N) is 2. The zero-order chi connectivity index (χ0) is 17.9. The lowest BCUT2D eigenvalue weighted by molar-refractivity contribution is 0.601. The van der Waals surface area contributed by atoms with Gasteiger partial charge in [0.25, 0.3) is 10.0 Å². The second-order valence-corrected chi connectivity index (χ2v) is 6.89. The van der Waals surface area contributed by atoms with Gasteiger partial charge in [-0.1, -0.05) is 0 Å². The molecule has 0 amide bonds. The van der Waals surface area contributed by atoms with Gasteiger partial charge < -0.3 is 16.8 Å². The Hall–Kier alpha value is -3.33. The van der Waals surface area contributed by atoms with Gasteiger partial charge in [-0.25, -0.2) is 18.4 Å². The van der Waals surface area contributed by atoms with Crippen molar-refractivity contribution in [2.24, 2.45) is 0 Å². The van der Waals surface area contributed by atoms with Crippen LogP contribution >= 0.6 is 0 Å². The van der Waals surface area contributed by atoms with Crippen LogP contribution in [0, 0.1) is 0 Å². The highest BCUT2D eigenvalue weighted by atomic mass is 32.2. The Balaban J connectivity index is 1.73. The molecule has 1 aromatic heterocycles. The molecule has 0 aliphatic rings. The third-order valence-electron chi connectivity index (χ3n) is 3.29. The van der Waals surface area contributed by atoms with Crippen LogP contribution in [0.4, 0.5) is 28.7 Å². The van der Waals surface area contributed by atoms with Crippen molar-refractivity contribution in [3.8, 4) is 0 Å². The molecule has 128 valence electrons. The second-order valence-electron chi connectivity index (χ2n) is 5.20. The standard InChI is InChI=1S/C16H16N6O2S/c17-11-1-7-14(8-2-11)25(23,24)22-13-5-3-12(4-6-13)21-16-9-15(18)19-10-20-16/h1-10,22H,17H2,(H3,18,19,20,21). The molecule has 9 heteroatoms. The summed E-state index contributed by atoms with van der Waals surface area (Å²) < 4.78 is 27.2. The van der Waals surface area contributed by atoms with Gasteiger partial charge in [-0.2, -0.15) is 0 Å². The van der Waals surface area contributed by atoms with Crippen molar-refractivity contribution in [3.63, 3.8) is 0 Å². The summed E-state index contributed by atoms with van der Waals surface area (Å²) in [5.41, 5.74) is 12.8. The fourth-order valence-corrected chi connectivity index (χ4v) is 3.13. The molecule has 3 aromatic rings. The molecule has 0 atom stereocenters. The fraction of sp³-hybridized carbons (Fsp3) is 0. The monoisotopic (exact) mass is 356 g/mol. The van der Waals surface area contributed by atoms with E-state index in [2.05, 4.69) is 20.0 Å². The van der Waals surface area contributed by atoms with Gasteiger partial charge in [0.15, 0.2) is 0 Å². The van der Waals surface area contributed by atoms with Crippen molar-refractivity contribution < 1.29 is 8.42 Å². The number of hydrogen-bond acceptors (Lipinski definition) is 7. The molecular formula is C16H16N6O2S. The summed E-state index contributed by atoms with van der Waals surface area (Å²) in [4.78, 5) is 7.99. The van der Waals surface area contributed by atoms with E-state index in [1.165, 1.54) is 30.6 Å². The van der Waals surface area contributed by atoms with Crippen molar-refractivity contribution in [2.75, 3.05) is 21.5 Å². The number of rotatable bonds is 5. The fourth-order valence-electron chi connectivity index (χ4n) is 2.07. The van der Waals surface area contributed by atoms with E-state index in [0.29, 0.717) is 23.0 Å². The SMILES string of the molecule is Nc1ccc(S(=O)(=O)Nc2ccc(Nc3cc(N)ncn3)cc2)cc1. The Morgan fingerprint density at radius 1 is 0.840 bits per heavy atom. The van der Waals surface area contributed by atoms with E-state index in [0.717, 1.165) is 5.69 Å². The average molecular weight is 356 g/mol. The Morgan fingerprint density at radius 2 is 1.48 bits per heavy atom. The molecule has 6 N–H and O–H groups in total. The number of hydrogen-bond donors (Lipinski definition) is 4. The molecule has 2 aromatic carbocycles. The molecule has 1 heterocycles. The van der Waals surface area contributed by atoms with Crippen LogP contribution in [0.15, 0.2) is 65.8 Å². The highest BCUT2D eigenvalue weighted by Gasteiger charge is 2.13. The number of benzene rings is 2. The summed E-state index contributed by atoms with van der Waals surface area (Å²) in [6.07, 6.45) is 1.35. The maximum absolute atomic E-state index is 12.3. The van der Waals surface area contributed by atoms with Gasteiger partial charge in [0, 0.05) is 23.1 Å². The van der Waals surface area contributed by atoms with Crippen LogP contribution in [0.3, 0.4) is 0 Å². The quantitative estimate of drug-likeness (QED) is 0.514. The molecule has 0 aliphatic carbocycles. The Morgan fingerprint density at radius 3 is 2.12 bits per heavy atom. The van der Waals surface area contributed by atoms with E-state index >= 15 is 0 Å². The molecule has 0 unspecified atom stereocenters. The van der Waals surface area contributed by atoms with E-state index in [-0.39, 0.29) is 4.90 Å². The number of aromatic nitrogens is 2. The maximum Gasteiger partial charge on any atom is 0.261 e. The molecule has 0 spiro atoms. The third kappa shape index (κ3) is 4.15. The smallest absolute Gasteiger partial charge is 0.261 e. The molecule has 0 radical (unpaired) electrons. The van der Waals surface area contributed by atoms with Crippen LogP contribution in [-0.2, 0) is 10.0 Å². The summed E-state index contributed by atoms with van der Waals surface area (Å²) in [6.45, 7) is 0. The summed E-state index contributed by atoms with van der Waals surface area (Å²) >= 11 is 0. The average Bonchev–Trinajstić information content (AvgIpc) is 2.57. The Labute approximate surface area is 145 Å². The first-order valence-electron chi connectivity index (χ1n) is 7.25. The molecule has 0 aliphatic heterocycles. The summed E-state index contributed by atoms with van der Waals surface area (Å²) in [7, 11) is -3.67. The van der Waals surface area contributed by atoms with E-state index < -0.39 is 10.0 Å². The molecule has 25 heavy (non-hydrogen) atoms. The van der Waals surface area contributed by atoms with Gasteiger partial charge in [-0.3, -0.25) is 4.72 Å². The van der Waals surface area contributed by atoms with Gasteiger partial charge >= 0.3 is 0 Å². The molecule has 0 fully saturated rings. The predicted molar refractivity (Wildman–Crippen MR) is 97.8 cm³/mol. The highest BCUT2D eigenvalue weighted by Crippen LogP contribution is 2.21. The Kier molecular flexibility index (Phi) is 4.40. The van der Waals surface area contributed by atoms with Gasteiger partial charge in [0.1, 0.15) is 18.0 Å². The van der Waals surface area contributed by atoms with Crippen molar-refractivity contribution in [1.29, 1.82) is 0 Å². The van der Waals surface area contributed by atoms with Gasteiger partial charge in [0.2, 0.25) is 0 Å². The van der Waals surface area contributed by atoms with Crippen molar-refractivity contribution in [1.82, 2.24) is 9.97 Å². The lowest BCUT2D eigenvalue weighted by atomic mass is 10.3. The lowest BCUT2D eigenvalue weighted by Gasteiger charge is -2.10. The zero-order valence-electron chi connectivity index (χ0n) is 13.0. The van der Waals surface area contributed by atoms with Gasteiger partial charge in [0.05, 0.1) is 4.90 Å². The van der Waals surface area contributed by atoms with Crippen molar-refractivity contribution in [3.05, 3.63) is 60.9 Å². The number of sulfonamides is 1. The van der Waals surface area contributed by atoms with Gasteiger partial charge in [-0.15, -0.1) is 0 Å². The van der Waals surface area contributed by atoms with Crippen LogP contribution < -0.4 is 21.5 Å². The minimum Gasteiger partial charge on any atom is -0.399 e. The van der Waals surface area contributed by atoms with Crippen LogP contribution in [0.25, 0.3) is 0 Å². The normalized spacial score (nSPS) is 11.0. The zero-order valence-corrected chi connectivity index (χ0v) is 13.9. The second kappa shape index (κ2) is 6.65. The number of nitrogens with zero attached hydrogens (tertiary/aromatic N) is 2. The maximum atomic E-state index is 12.3. The highest BCUT2D eigenvalue weighted by molar-refractivity contribution is 7.92. The van der Waals surface area contributed by atoms with Crippen molar-refractivity contribution in [2.45, 2.75) is 4.90 Å². The topological polar surface area (TPSA) is 136 Å². The third-order valence-corrected chi connectivity index (χ3v) is 4.69. The Bertz CT molecular complexity index is 972. The van der Waals surface area contributed by atoms with E-state index in [1.807, 2.05) is 0 Å². The lowest BCUT2D eigenvalue weighted by Crippen LogP contribution is -2.12. The predicted octanol–water partition coefficient (Wildman–Crippen LogP) is 2.19. The molecule has 8 nitrogen and oxygen atoms in total. The van der Waals surface area contributed by atoms with E-state index in [1.54, 1.807) is 30.3 Å². The number of anilines is 5. The minimum absolute atomic E-state index is 0.139. The molecule has 3 rings (SSSR count). The molecule has 0 saturated carbocycles. The van der Waals surface area contributed by atoms with Crippen LogP contribution in [0.1, 0.15) is 0 Å². The first-order valence-corrected chi connectivity index (χ1v) is 8.74. The van der Waals surface area contributed by atoms with Gasteiger partial charge in [-0.05, 0) is 48.5 Å². The first kappa shape index (κ1) is 16.5. The first-order chi connectivity index (χ1) is 11.9. The molecule has 0 bridgehead atoms. The molecule has 0 saturated heterocycles. The van der Waals surface area contributed by atoms with E-state index in [9.17, 15) is 8.42 Å². The number of nitrogens with one attached hydrogen (secondary N) is 2. The van der Waals surface area contributed by atoms with E-state index in [4.69, 9.17) is 11.5 Å². The molecular weight excluding hydrogens is 340 g/mol. The number of nitrogen functional groups attached to an aromatic ring is 2. The van der Waals surface area contributed by atoms with Crippen molar-refractivity contribution >= 4 is 38.7 Å².